The Morgan fingerprint density at radius 1 is 0.976 bits per heavy atom. The number of hydrogen-bond acceptors (Lipinski definition) is 8. The predicted octanol–water partition coefficient (Wildman–Crippen LogP) is 5.71. The Morgan fingerprint density at radius 3 is 2.21 bits per heavy atom. The van der Waals surface area contributed by atoms with E-state index in [2.05, 4.69) is 24.3 Å². The molecule has 220 valence electrons. The summed E-state index contributed by atoms with van der Waals surface area (Å²) in [6.07, 6.45) is 7.59. The molecule has 0 N–H and O–H groups in total. The zero-order chi connectivity index (χ0) is 30.0. The van der Waals surface area contributed by atoms with Gasteiger partial charge in [0.25, 0.3) is 5.69 Å². The molecule has 6 rings (SSSR count). The van der Waals surface area contributed by atoms with Crippen LogP contribution >= 0.6 is 0 Å². The Morgan fingerprint density at radius 2 is 1.62 bits per heavy atom. The Bertz CT molecular complexity index is 1470. The molecule has 1 unspecified atom stereocenters. The second-order valence-corrected chi connectivity index (χ2v) is 12.4. The molecular formula is C33H35NO8. The van der Waals surface area contributed by atoms with Gasteiger partial charge in [-0.15, -0.1) is 0 Å². The molecule has 1 spiro atoms. The third-order valence-corrected chi connectivity index (χ3v) is 10.4. The summed E-state index contributed by atoms with van der Waals surface area (Å²) in [5.41, 5.74) is -2.40. The van der Waals surface area contributed by atoms with Gasteiger partial charge in [0.2, 0.25) is 0 Å². The fourth-order valence-corrected chi connectivity index (χ4v) is 8.85. The summed E-state index contributed by atoms with van der Waals surface area (Å²) in [7, 11) is 0. The van der Waals surface area contributed by atoms with Crippen LogP contribution in [0.25, 0.3) is 0 Å². The van der Waals surface area contributed by atoms with Crippen LogP contribution in [0.1, 0.15) is 68.8 Å². The number of esters is 3. The normalized spacial score (nSPS) is 31.6. The van der Waals surface area contributed by atoms with Crippen LogP contribution in [0.4, 0.5) is 5.69 Å². The fraction of sp³-hybridized carbons (Fsp3) is 0.485. The van der Waals surface area contributed by atoms with Crippen molar-refractivity contribution in [1.29, 1.82) is 0 Å². The van der Waals surface area contributed by atoms with Crippen molar-refractivity contribution in [2.75, 3.05) is 13.2 Å². The molecule has 4 aliphatic carbocycles. The molecule has 2 aromatic carbocycles. The summed E-state index contributed by atoms with van der Waals surface area (Å²) in [5.74, 6) is -1.91. The summed E-state index contributed by atoms with van der Waals surface area (Å²) in [6.45, 7) is 5.21. The van der Waals surface area contributed by atoms with Crippen molar-refractivity contribution in [3.8, 4) is 0 Å². The van der Waals surface area contributed by atoms with Crippen LogP contribution in [-0.4, -0.2) is 41.6 Å². The molecule has 42 heavy (non-hydrogen) atoms. The summed E-state index contributed by atoms with van der Waals surface area (Å²) in [5, 5.41) is 11.2. The van der Waals surface area contributed by atoms with E-state index in [1.54, 1.807) is 20.8 Å². The lowest BCUT2D eigenvalue weighted by Gasteiger charge is -2.36. The first-order valence-corrected chi connectivity index (χ1v) is 14.6. The molecular weight excluding hydrogens is 538 g/mol. The van der Waals surface area contributed by atoms with E-state index in [0.717, 1.165) is 18.4 Å². The minimum absolute atomic E-state index is 0.0470. The monoisotopic (exact) mass is 573 g/mol. The smallest absolute Gasteiger partial charge is 0.338 e. The first kappa shape index (κ1) is 28.1. The van der Waals surface area contributed by atoms with E-state index >= 15 is 0 Å². The highest BCUT2D eigenvalue weighted by Crippen LogP contribution is 2.95. The maximum Gasteiger partial charge on any atom is 0.338 e. The minimum Gasteiger partial charge on any atom is -0.465 e. The lowest BCUT2D eigenvalue weighted by atomic mass is 9.69. The van der Waals surface area contributed by atoms with E-state index in [1.165, 1.54) is 24.3 Å². The highest BCUT2D eigenvalue weighted by atomic mass is 16.6. The van der Waals surface area contributed by atoms with E-state index in [0.29, 0.717) is 12.8 Å². The van der Waals surface area contributed by atoms with Gasteiger partial charge in [0.15, 0.2) is 5.41 Å². The molecule has 4 aliphatic rings. The maximum atomic E-state index is 13.7. The number of carbonyl (C=O) groups excluding carboxylic acids is 3. The number of ether oxygens (including phenoxy) is 3. The third-order valence-electron chi connectivity index (χ3n) is 10.4. The van der Waals surface area contributed by atoms with Crippen molar-refractivity contribution >= 4 is 23.6 Å². The van der Waals surface area contributed by atoms with E-state index < -0.39 is 39.3 Å². The highest BCUT2D eigenvalue weighted by Gasteiger charge is 2.97. The zero-order valence-electron chi connectivity index (χ0n) is 24.1. The standard InChI is InChI=1S/C33H35NO8/c1-4-40-27(36)29(3,28(37)41-5-2)19-30-20-31-17-9-10-18-32(31,23-11-7-6-8-12-23)26(31)33(30,21-30)42-25(35)22-13-15-24(16-14-22)34(38)39/h6-8,10-16,18,26H,4-5,9,17,19-21H2,1-3H3/t26-,30-,31?,32-,33+/m0/s1. The largest absolute Gasteiger partial charge is 0.465 e. The molecule has 0 heterocycles. The van der Waals surface area contributed by atoms with E-state index in [9.17, 15) is 24.5 Å². The van der Waals surface area contributed by atoms with Gasteiger partial charge in [0.1, 0.15) is 5.60 Å². The zero-order valence-corrected chi connectivity index (χ0v) is 24.1. The average Bonchev–Trinajstić information content (AvgIpc) is 3.79. The molecule has 2 aromatic rings. The summed E-state index contributed by atoms with van der Waals surface area (Å²) < 4.78 is 17.3. The van der Waals surface area contributed by atoms with Gasteiger partial charge in [-0.05, 0) is 76.0 Å². The first-order valence-electron chi connectivity index (χ1n) is 14.6. The van der Waals surface area contributed by atoms with Crippen molar-refractivity contribution in [1.82, 2.24) is 0 Å². The predicted molar refractivity (Wildman–Crippen MR) is 151 cm³/mol. The topological polar surface area (TPSA) is 122 Å². The molecule has 5 atom stereocenters. The Hall–Kier alpha value is -4.01. The van der Waals surface area contributed by atoms with Gasteiger partial charge >= 0.3 is 17.9 Å². The molecule has 9 heteroatoms. The van der Waals surface area contributed by atoms with Crippen molar-refractivity contribution in [2.45, 2.75) is 63.9 Å². The third kappa shape index (κ3) is 3.64. The molecule has 3 fully saturated rings. The van der Waals surface area contributed by atoms with Crippen LogP contribution in [0.2, 0.25) is 0 Å². The van der Waals surface area contributed by atoms with Crippen LogP contribution < -0.4 is 0 Å². The molecule has 3 saturated carbocycles. The Labute approximate surface area is 244 Å². The molecule has 0 aromatic heterocycles. The fourth-order valence-electron chi connectivity index (χ4n) is 8.85. The molecule has 0 saturated heterocycles. The van der Waals surface area contributed by atoms with Gasteiger partial charge in [-0.2, -0.15) is 0 Å². The number of benzene rings is 2. The Kier molecular flexibility index (Phi) is 6.37. The number of nitro benzene ring substituents is 1. The van der Waals surface area contributed by atoms with E-state index in [4.69, 9.17) is 14.2 Å². The van der Waals surface area contributed by atoms with Gasteiger partial charge in [0.05, 0.1) is 23.7 Å². The van der Waals surface area contributed by atoms with E-state index in [-0.39, 0.29) is 47.6 Å². The van der Waals surface area contributed by atoms with Crippen LogP contribution in [-0.2, 0) is 29.2 Å². The Balaban J connectivity index is 1.42. The van der Waals surface area contributed by atoms with Gasteiger partial charge < -0.3 is 14.2 Å². The number of rotatable bonds is 10. The second kappa shape index (κ2) is 9.51. The van der Waals surface area contributed by atoms with Crippen LogP contribution in [0.5, 0.6) is 0 Å². The summed E-state index contributed by atoms with van der Waals surface area (Å²) in [6, 6.07) is 15.6. The van der Waals surface area contributed by atoms with E-state index in [1.807, 2.05) is 18.2 Å². The summed E-state index contributed by atoms with van der Waals surface area (Å²) >= 11 is 0. The van der Waals surface area contributed by atoms with Gasteiger partial charge in [-0.3, -0.25) is 19.7 Å². The molecule has 0 amide bonds. The lowest BCUT2D eigenvalue weighted by Crippen LogP contribution is -2.44. The quantitative estimate of drug-likeness (QED) is 0.0885. The van der Waals surface area contributed by atoms with Gasteiger partial charge in [0, 0.05) is 28.9 Å². The van der Waals surface area contributed by atoms with Gasteiger partial charge in [-0.25, -0.2) is 4.79 Å². The van der Waals surface area contributed by atoms with Crippen LogP contribution in [0.15, 0.2) is 66.7 Å². The van der Waals surface area contributed by atoms with Crippen molar-refractivity contribution < 1.29 is 33.5 Å². The minimum atomic E-state index is -1.57. The summed E-state index contributed by atoms with van der Waals surface area (Å²) in [4.78, 5) is 51.0. The first-order chi connectivity index (χ1) is 20.1. The van der Waals surface area contributed by atoms with Crippen molar-refractivity contribution in [3.63, 3.8) is 0 Å². The number of allylic oxidation sites excluding steroid dienone is 2. The lowest BCUT2D eigenvalue weighted by molar-refractivity contribution is -0.384. The average molecular weight is 574 g/mol. The number of nitrogens with zero attached hydrogens (tertiary/aromatic N) is 1. The molecule has 0 bridgehead atoms. The van der Waals surface area contributed by atoms with Crippen molar-refractivity contribution in [2.24, 2.45) is 22.2 Å². The number of hydrogen-bond donors (Lipinski definition) is 0. The maximum absolute atomic E-state index is 13.7. The molecule has 9 nitrogen and oxygen atoms in total. The molecule has 0 aliphatic heterocycles. The van der Waals surface area contributed by atoms with Crippen LogP contribution in [0, 0.1) is 32.3 Å². The number of carbonyl (C=O) groups is 3. The van der Waals surface area contributed by atoms with Gasteiger partial charge in [-0.1, -0.05) is 42.5 Å². The number of fused-ring (bicyclic) bond motifs is 3. The number of non-ortho nitro benzene ring substituents is 1. The number of nitro groups is 1. The SMILES string of the molecule is CCOC(=O)C(C)(C[C@@]12CC34CCC=C[C@]3(c3ccccc3)[C@H]4[C@]1(OC(=O)c1ccc([N+](=O)[O-])cc1)C2)C(=O)OCC. The highest BCUT2D eigenvalue weighted by molar-refractivity contribution is 6.00. The van der Waals surface area contributed by atoms with Crippen LogP contribution in [0.3, 0.4) is 0 Å². The van der Waals surface area contributed by atoms with Crippen molar-refractivity contribution in [3.05, 3.63) is 88.0 Å². The molecule has 0 radical (unpaired) electrons. The second-order valence-electron chi connectivity index (χ2n) is 12.4.